The van der Waals surface area contributed by atoms with Crippen LogP contribution in [0.3, 0.4) is 0 Å². The highest BCUT2D eigenvalue weighted by atomic mass is 32.1. The van der Waals surface area contributed by atoms with E-state index in [1.165, 1.54) is 12.1 Å². The molecule has 0 aliphatic heterocycles. The summed E-state index contributed by atoms with van der Waals surface area (Å²) in [4.78, 5) is 0. The summed E-state index contributed by atoms with van der Waals surface area (Å²) in [6.45, 7) is 2.70. The molecule has 0 radical (unpaired) electrons. The lowest BCUT2D eigenvalue weighted by Gasteiger charge is -2.07. The minimum atomic E-state index is -0.269. The Labute approximate surface area is 156 Å². The van der Waals surface area contributed by atoms with Crippen molar-refractivity contribution in [2.45, 2.75) is 19.8 Å². The van der Waals surface area contributed by atoms with Gasteiger partial charge in [0.25, 0.3) is 0 Å². The van der Waals surface area contributed by atoms with Crippen LogP contribution in [0.25, 0.3) is 0 Å². The fourth-order valence-corrected chi connectivity index (χ4v) is 2.59. The van der Waals surface area contributed by atoms with E-state index in [2.05, 4.69) is 22.2 Å². The van der Waals surface area contributed by atoms with Gasteiger partial charge in [-0.25, -0.2) is 4.39 Å². The number of ether oxygens (including phenoxy) is 1. The number of para-hydroxylation sites is 1. The first-order chi connectivity index (χ1) is 12.7. The lowest BCUT2D eigenvalue weighted by molar-refractivity contribution is 0.317. The first-order valence-electron chi connectivity index (χ1n) is 8.34. The van der Waals surface area contributed by atoms with Crippen LogP contribution in [-0.2, 0) is 6.42 Å². The Bertz CT molecular complexity index is 947. The fraction of sp³-hybridized carbons (Fsp3) is 0.211. The molecule has 0 aliphatic carbocycles. The topological polar surface area (TPSA) is 55.2 Å². The first-order valence-corrected chi connectivity index (χ1v) is 8.75. The van der Waals surface area contributed by atoms with Crippen LogP contribution < -0.4 is 4.74 Å². The van der Waals surface area contributed by atoms with Crippen LogP contribution in [0.5, 0.6) is 5.75 Å². The molecule has 0 saturated heterocycles. The van der Waals surface area contributed by atoms with Gasteiger partial charge in [-0.1, -0.05) is 31.2 Å². The molecule has 0 aliphatic rings. The molecule has 5 nitrogen and oxygen atoms in total. The number of hydrogen-bond acceptors (Lipinski definition) is 4. The quantitative estimate of drug-likeness (QED) is 0.497. The molecular weight excluding hydrogens is 351 g/mol. The van der Waals surface area contributed by atoms with Gasteiger partial charge in [0, 0.05) is 12.0 Å². The van der Waals surface area contributed by atoms with Gasteiger partial charge < -0.3 is 4.74 Å². The van der Waals surface area contributed by atoms with Gasteiger partial charge in [-0.3, -0.25) is 5.10 Å². The molecule has 1 heterocycles. The summed E-state index contributed by atoms with van der Waals surface area (Å²) in [6, 6.07) is 14.0. The second-order valence-electron chi connectivity index (χ2n) is 5.69. The van der Waals surface area contributed by atoms with Gasteiger partial charge in [-0.05, 0) is 48.5 Å². The number of hydrogen-bond donors (Lipinski definition) is 1. The van der Waals surface area contributed by atoms with Crippen molar-refractivity contribution in [3.63, 3.8) is 0 Å². The van der Waals surface area contributed by atoms with Gasteiger partial charge in [-0.15, -0.1) is 0 Å². The van der Waals surface area contributed by atoms with E-state index in [1.807, 2.05) is 24.3 Å². The molecule has 1 aromatic heterocycles. The van der Waals surface area contributed by atoms with E-state index in [4.69, 9.17) is 17.0 Å². The summed E-state index contributed by atoms with van der Waals surface area (Å²) < 4.78 is 20.8. The molecule has 0 bridgehead atoms. The third kappa shape index (κ3) is 4.43. The SMILES string of the molecule is CCCOc1ccccc1/C=N\n1c(Cc2ccc(F)cc2)n[nH]c1=S. The monoisotopic (exact) mass is 370 g/mol. The molecule has 7 heteroatoms. The predicted octanol–water partition coefficient (Wildman–Crippen LogP) is 4.34. The van der Waals surface area contributed by atoms with Crippen LogP contribution in [0.4, 0.5) is 4.39 Å². The van der Waals surface area contributed by atoms with Crippen molar-refractivity contribution in [3.05, 3.63) is 76.1 Å². The lowest BCUT2D eigenvalue weighted by atomic mass is 10.1. The third-order valence-electron chi connectivity index (χ3n) is 3.69. The minimum absolute atomic E-state index is 0.269. The molecule has 0 atom stereocenters. The Hall–Kier alpha value is -2.80. The summed E-state index contributed by atoms with van der Waals surface area (Å²) >= 11 is 5.27. The highest BCUT2D eigenvalue weighted by Crippen LogP contribution is 2.16. The summed E-state index contributed by atoms with van der Waals surface area (Å²) in [7, 11) is 0. The molecule has 0 saturated carbocycles. The van der Waals surface area contributed by atoms with Crippen molar-refractivity contribution in [1.29, 1.82) is 0 Å². The van der Waals surface area contributed by atoms with E-state index in [0.29, 0.717) is 23.6 Å². The van der Waals surface area contributed by atoms with Crippen molar-refractivity contribution in [2.75, 3.05) is 6.61 Å². The molecule has 0 fully saturated rings. The molecule has 26 heavy (non-hydrogen) atoms. The van der Waals surface area contributed by atoms with Crippen molar-refractivity contribution in [3.8, 4) is 5.75 Å². The normalized spacial score (nSPS) is 11.2. The van der Waals surface area contributed by atoms with Gasteiger partial charge in [0.2, 0.25) is 4.77 Å². The lowest BCUT2D eigenvalue weighted by Crippen LogP contribution is -2.02. The number of aromatic nitrogens is 3. The van der Waals surface area contributed by atoms with Crippen molar-refractivity contribution < 1.29 is 9.13 Å². The highest BCUT2D eigenvalue weighted by Gasteiger charge is 2.07. The van der Waals surface area contributed by atoms with Crippen LogP contribution in [0.15, 0.2) is 53.6 Å². The molecule has 0 unspecified atom stereocenters. The maximum Gasteiger partial charge on any atom is 0.216 e. The molecule has 1 N–H and O–H groups in total. The zero-order valence-corrected chi connectivity index (χ0v) is 15.2. The fourth-order valence-electron chi connectivity index (χ4n) is 2.39. The van der Waals surface area contributed by atoms with Gasteiger partial charge >= 0.3 is 0 Å². The van der Waals surface area contributed by atoms with Gasteiger partial charge in [0.05, 0.1) is 12.8 Å². The van der Waals surface area contributed by atoms with E-state index in [-0.39, 0.29) is 5.82 Å². The number of nitrogens with one attached hydrogen (secondary N) is 1. The maximum atomic E-state index is 13.1. The van der Waals surface area contributed by atoms with Crippen LogP contribution in [-0.4, -0.2) is 27.7 Å². The Kier molecular flexibility index (Phi) is 5.91. The number of H-pyrrole nitrogens is 1. The standard InChI is InChI=1S/C19H19FN4OS/c1-2-11-25-17-6-4-3-5-15(17)13-21-24-18(22-23-19(24)26)12-14-7-9-16(20)10-8-14/h3-10,13H,2,11-12H2,1H3,(H,23,26)/b21-13-. The Balaban J connectivity index is 1.84. The van der Waals surface area contributed by atoms with E-state index in [1.54, 1.807) is 23.0 Å². The van der Waals surface area contributed by atoms with Gasteiger partial charge in [0.1, 0.15) is 11.6 Å². The summed E-state index contributed by atoms with van der Waals surface area (Å²) in [5.74, 6) is 1.15. The molecular formula is C19H19FN4OS. The maximum absolute atomic E-state index is 13.1. The smallest absolute Gasteiger partial charge is 0.216 e. The number of halogens is 1. The largest absolute Gasteiger partial charge is 0.493 e. The third-order valence-corrected chi connectivity index (χ3v) is 3.95. The van der Waals surface area contributed by atoms with Crippen molar-refractivity contribution in [1.82, 2.24) is 14.9 Å². The summed E-state index contributed by atoms with van der Waals surface area (Å²) in [5.41, 5.74) is 1.78. The van der Waals surface area contributed by atoms with E-state index in [9.17, 15) is 4.39 Å². The summed E-state index contributed by atoms with van der Waals surface area (Å²) in [5, 5.41) is 11.4. The summed E-state index contributed by atoms with van der Waals surface area (Å²) in [6.07, 6.45) is 3.11. The number of aromatic amines is 1. The predicted molar refractivity (Wildman–Crippen MR) is 102 cm³/mol. The average Bonchev–Trinajstić information content (AvgIpc) is 3.00. The number of nitrogens with zero attached hydrogens (tertiary/aromatic N) is 3. The molecule has 3 rings (SSSR count). The molecule has 2 aromatic carbocycles. The number of benzene rings is 2. The van der Waals surface area contributed by atoms with E-state index < -0.39 is 0 Å². The zero-order chi connectivity index (χ0) is 18.4. The zero-order valence-electron chi connectivity index (χ0n) is 14.4. The highest BCUT2D eigenvalue weighted by molar-refractivity contribution is 7.71. The molecule has 134 valence electrons. The molecule has 0 spiro atoms. The molecule has 3 aromatic rings. The van der Waals surface area contributed by atoms with E-state index in [0.717, 1.165) is 23.3 Å². The van der Waals surface area contributed by atoms with Crippen LogP contribution in [0, 0.1) is 10.6 Å². The Morgan fingerprint density at radius 3 is 2.77 bits per heavy atom. The van der Waals surface area contributed by atoms with E-state index >= 15 is 0 Å². The second-order valence-corrected chi connectivity index (χ2v) is 6.08. The van der Waals surface area contributed by atoms with Gasteiger partial charge in [0.15, 0.2) is 5.82 Å². The minimum Gasteiger partial charge on any atom is -0.493 e. The van der Waals surface area contributed by atoms with Crippen molar-refractivity contribution in [2.24, 2.45) is 5.10 Å². The van der Waals surface area contributed by atoms with Crippen LogP contribution in [0.2, 0.25) is 0 Å². The van der Waals surface area contributed by atoms with Crippen LogP contribution in [0.1, 0.15) is 30.3 Å². The second kappa shape index (κ2) is 8.53. The van der Waals surface area contributed by atoms with Crippen molar-refractivity contribution >= 4 is 18.4 Å². The Morgan fingerprint density at radius 2 is 2.00 bits per heavy atom. The Morgan fingerprint density at radius 1 is 1.23 bits per heavy atom. The average molecular weight is 370 g/mol. The number of rotatable bonds is 7. The first kappa shape index (κ1) is 18.0. The van der Waals surface area contributed by atoms with Gasteiger partial charge in [-0.2, -0.15) is 14.9 Å². The molecule has 0 amide bonds. The van der Waals surface area contributed by atoms with Crippen LogP contribution >= 0.6 is 12.2 Å².